The van der Waals surface area contributed by atoms with Gasteiger partial charge in [-0.1, -0.05) is 18.2 Å². The SMILES string of the molecule is CNC(c1ccccc1OC)c1ncc(Br)cc1Br. The average molecular weight is 386 g/mol. The highest BCUT2D eigenvalue weighted by molar-refractivity contribution is 9.11. The third-order valence-electron chi connectivity index (χ3n) is 2.85. The largest absolute Gasteiger partial charge is 0.496 e. The molecule has 0 aliphatic rings. The standard InChI is InChI=1S/C14H14Br2N2O/c1-17-13(10-5-3-4-6-12(10)19-2)14-11(16)7-9(15)8-18-14/h3-8,13,17H,1-2H3. The molecule has 3 nitrogen and oxygen atoms in total. The van der Waals surface area contributed by atoms with Crippen LogP contribution in [0.5, 0.6) is 5.75 Å². The Labute approximate surface area is 129 Å². The Morgan fingerprint density at radius 2 is 2.00 bits per heavy atom. The number of benzene rings is 1. The highest BCUT2D eigenvalue weighted by Crippen LogP contribution is 2.33. The Bertz CT molecular complexity index is 575. The predicted octanol–water partition coefficient (Wildman–Crippen LogP) is 3.92. The molecule has 1 aromatic carbocycles. The highest BCUT2D eigenvalue weighted by Gasteiger charge is 2.19. The van der Waals surface area contributed by atoms with E-state index < -0.39 is 0 Å². The molecule has 0 bridgehead atoms. The minimum absolute atomic E-state index is 0.0291. The van der Waals surface area contributed by atoms with Crippen LogP contribution in [-0.2, 0) is 0 Å². The summed E-state index contributed by atoms with van der Waals surface area (Å²) in [5.74, 6) is 0.846. The number of ether oxygens (including phenoxy) is 1. The molecule has 1 heterocycles. The summed E-state index contributed by atoms with van der Waals surface area (Å²) in [6, 6.07) is 9.90. The minimum Gasteiger partial charge on any atom is -0.496 e. The normalized spacial score (nSPS) is 12.2. The van der Waals surface area contributed by atoms with E-state index >= 15 is 0 Å². The molecule has 0 aliphatic carbocycles. The lowest BCUT2D eigenvalue weighted by molar-refractivity contribution is 0.405. The van der Waals surface area contributed by atoms with Gasteiger partial charge in [-0.2, -0.15) is 0 Å². The summed E-state index contributed by atoms with van der Waals surface area (Å²) >= 11 is 6.97. The molecule has 1 unspecified atom stereocenters. The van der Waals surface area contributed by atoms with Gasteiger partial charge in [0, 0.05) is 20.7 Å². The number of nitrogens with one attached hydrogen (secondary N) is 1. The first-order chi connectivity index (χ1) is 9.17. The Kier molecular flexibility index (Phi) is 4.96. The molecule has 2 aromatic rings. The van der Waals surface area contributed by atoms with Crippen molar-refractivity contribution in [2.45, 2.75) is 6.04 Å². The van der Waals surface area contributed by atoms with E-state index in [2.05, 4.69) is 42.2 Å². The van der Waals surface area contributed by atoms with E-state index in [1.807, 2.05) is 37.4 Å². The highest BCUT2D eigenvalue weighted by atomic mass is 79.9. The average Bonchev–Trinajstić information content (AvgIpc) is 2.42. The second kappa shape index (κ2) is 6.50. The fraction of sp³-hybridized carbons (Fsp3) is 0.214. The summed E-state index contributed by atoms with van der Waals surface area (Å²) in [4.78, 5) is 4.49. The lowest BCUT2D eigenvalue weighted by Gasteiger charge is -2.20. The summed E-state index contributed by atoms with van der Waals surface area (Å²) in [6.07, 6.45) is 1.79. The molecule has 5 heteroatoms. The second-order valence-corrected chi connectivity index (χ2v) is 5.75. The van der Waals surface area contributed by atoms with Gasteiger partial charge >= 0.3 is 0 Å². The van der Waals surface area contributed by atoms with Gasteiger partial charge in [0.05, 0.1) is 18.8 Å². The topological polar surface area (TPSA) is 34.1 Å². The lowest BCUT2D eigenvalue weighted by atomic mass is 10.0. The van der Waals surface area contributed by atoms with E-state index in [1.165, 1.54) is 0 Å². The van der Waals surface area contributed by atoms with E-state index in [-0.39, 0.29) is 6.04 Å². The number of aromatic nitrogens is 1. The van der Waals surface area contributed by atoms with Crippen molar-refractivity contribution in [3.8, 4) is 5.75 Å². The van der Waals surface area contributed by atoms with Crippen LogP contribution in [0.15, 0.2) is 45.5 Å². The first kappa shape index (κ1) is 14.5. The summed E-state index contributed by atoms with van der Waals surface area (Å²) < 4.78 is 7.31. The zero-order valence-electron chi connectivity index (χ0n) is 10.7. The molecule has 0 spiro atoms. The van der Waals surface area contributed by atoms with Gasteiger partial charge in [0.25, 0.3) is 0 Å². The molecule has 100 valence electrons. The van der Waals surface area contributed by atoms with Crippen molar-refractivity contribution in [1.29, 1.82) is 0 Å². The molecular formula is C14H14Br2N2O. The number of pyridine rings is 1. The molecule has 0 saturated carbocycles. The quantitative estimate of drug-likeness (QED) is 0.865. The maximum Gasteiger partial charge on any atom is 0.124 e. The number of para-hydroxylation sites is 1. The molecule has 0 radical (unpaired) electrons. The van der Waals surface area contributed by atoms with Gasteiger partial charge in [-0.15, -0.1) is 0 Å². The summed E-state index contributed by atoms with van der Waals surface area (Å²) in [7, 11) is 3.59. The van der Waals surface area contributed by atoms with E-state index in [9.17, 15) is 0 Å². The van der Waals surface area contributed by atoms with Crippen molar-refractivity contribution in [3.63, 3.8) is 0 Å². The monoisotopic (exact) mass is 384 g/mol. The van der Waals surface area contributed by atoms with Gasteiger partial charge in [-0.05, 0) is 51.0 Å². The van der Waals surface area contributed by atoms with Crippen molar-refractivity contribution < 1.29 is 4.74 Å². The van der Waals surface area contributed by atoms with E-state index in [0.29, 0.717) is 0 Å². The second-order valence-electron chi connectivity index (χ2n) is 3.98. The number of methoxy groups -OCH3 is 1. The maximum atomic E-state index is 5.42. The van der Waals surface area contributed by atoms with Crippen molar-refractivity contribution in [2.24, 2.45) is 0 Å². The Balaban J connectivity index is 2.50. The van der Waals surface area contributed by atoms with Crippen LogP contribution in [0.1, 0.15) is 17.3 Å². The first-order valence-corrected chi connectivity index (χ1v) is 7.37. The summed E-state index contributed by atoms with van der Waals surface area (Å²) in [5.41, 5.74) is 1.98. The number of hydrogen-bond donors (Lipinski definition) is 1. The van der Waals surface area contributed by atoms with Crippen LogP contribution in [0, 0.1) is 0 Å². The number of halogens is 2. The van der Waals surface area contributed by atoms with Gasteiger partial charge in [0.15, 0.2) is 0 Å². The fourth-order valence-corrected chi connectivity index (χ4v) is 3.20. The summed E-state index contributed by atoms with van der Waals surface area (Å²) in [6.45, 7) is 0. The van der Waals surface area contributed by atoms with Gasteiger partial charge in [-0.3, -0.25) is 4.98 Å². The zero-order chi connectivity index (χ0) is 13.8. The fourth-order valence-electron chi connectivity index (χ4n) is 1.98. The van der Waals surface area contributed by atoms with Crippen LogP contribution >= 0.6 is 31.9 Å². The van der Waals surface area contributed by atoms with Crippen LogP contribution < -0.4 is 10.1 Å². The van der Waals surface area contributed by atoms with E-state index in [1.54, 1.807) is 13.3 Å². The molecule has 0 saturated heterocycles. The molecule has 1 aromatic heterocycles. The van der Waals surface area contributed by atoms with Crippen molar-refractivity contribution in [3.05, 3.63) is 56.7 Å². The molecule has 19 heavy (non-hydrogen) atoms. The van der Waals surface area contributed by atoms with Gasteiger partial charge in [-0.25, -0.2) is 0 Å². The zero-order valence-corrected chi connectivity index (χ0v) is 13.8. The van der Waals surface area contributed by atoms with Crippen LogP contribution in [0.3, 0.4) is 0 Å². The maximum absolute atomic E-state index is 5.42. The van der Waals surface area contributed by atoms with Gasteiger partial charge in [0.2, 0.25) is 0 Å². The lowest BCUT2D eigenvalue weighted by Crippen LogP contribution is -2.20. The Hall–Kier alpha value is -0.910. The van der Waals surface area contributed by atoms with E-state index in [0.717, 1.165) is 26.0 Å². The number of nitrogens with zero attached hydrogens (tertiary/aromatic N) is 1. The molecule has 1 atom stereocenters. The van der Waals surface area contributed by atoms with Crippen molar-refractivity contribution in [2.75, 3.05) is 14.2 Å². The first-order valence-electron chi connectivity index (χ1n) is 5.78. The van der Waals surface area contributed by atoms with Crippen LogP contribution in [0.4, 0.5) is 0 Å². The van der Waals surface area contributed by atoms with Crippen molar-refractivity contribution in [1.82, 2.24) is 10.3 Å². The molecule has 0 amide bonds. The Morgan fingerprint density at radius 3 is 2.63 bits per heavy atom. The van der Waals surface area contributed by atoms with Gasteiger partial charge in [0.1, 0.15) is 5.75 Å². The number of hydrogen-bond acceptors (Lipinski definition) is 3. The molecule has 1 N–H and O–H groups in total. The van der Waals surface area contributed by atoms with Crippen LogP contribution in [0.2, 0.25) is 0 Å². The molecule has 2 rings (SSSR count). The molecule has 0 fully saturated rings. The molecule has 0 aliphatic heterocycles. The Morgan fingerprint density at radius 1 is 1.26 bits per heavy atom. The predicted molar refractivity (Wildman–Crippen MR) is 83.5 cm³/mol. The van der Waals surface area contributed by atoms with Crippen LogP contribution in [-0.4, -0.2) is 19.1 Å². The third-order valence-corrected chi connectivity index (χ3v) is 3.92. The third kappa shape index (κ3) is 3.16. The minimum atomic E-state index is -0.0291. The summed E-state index contributed by atoms with van der Waals surface area (Å²) in [5, 5.41) is 3.28. The van der Waals surface area contributed by atoms with Gasteiger partial charge < -0.3 is 10.1 Å². The smallest absolute Gasteiger partial charge is 0.124 e. The number of rotatable bonds is 4. The van der Waals surface area contributed by atoms with E-state index in [4.69, 9.17) is 4.74 Å². The van der Waals surface area contributed by atoms with Crippen LogP contribution in [0.25, 0.3) is 0 Å². The van der Waals surface area contributed by atoms with Crippen molar-refractivity contribution >= 4 is 31.9 Å². The molecular weight excluding hydrogens is 372 g/mol.